The lowest BCUT2D eigenvalue weighted by Crippen LogP contribution is -2.48. The molecule has 3 saturated carbocycles. The third-order valence-corrected chi connectivity index (χ3v) is 13.6. The molecule has 0 spiro atoms. The van der Waals surface area contributed by atoms with Crippen LogP contribution in [0.5, 0.6) is 0 Å². The van der Waals surface area contributed by atoms with Gasteiger partial charge in [0.15, 0.2) is 0 Å². The number of rotatable bonds is 4. The standard InChI is InChI=1S/C13H17NO.C10H19NO.2C9H17NO/c15-13(12-6-3-7-14-12)8-10-4-1-2-5-11(10)9-13;12-10(6-2-1-3-7-10)9-5-4-8-11-9;2*11-9(5-1-2-6-9)8-4-3-7-10-8/h1-2,4-5,12,14-15H,3,6-9H2;9,11-12H,1-8H2;2*8,10-11H,1-7H2/t12-;9-;2*8-/m0010/s1. The fraction of sp³-hybridized carbons (Fsp3) is 0.854. The van der Waals surface area contributed by atoms with Crippen molar-refractivity contribution in [1.82, 2.24) is 21.3 Å². The van der Waals surface area contributed by atoms with Crippen LogP contribution in [-0.4, -0.2) is 93.2 Å². The lowest BCUT2D eigenvalue weighted by atomic mass is 9.79. The van der Waals surface area contributed by atoms with Crippen LogP contribution in [0, 0.1) is 0 Å². The van der Waals surface area contributed by atoms with E-state index in [9.17, 15) is 20.4 Å². The van der Waals surface area contributed by atoms with E-state index in [1.165, 1.54) is 101 Å². The predicted octanol–water partition coefficient (Wildman–Crippen LogP) is 4.79. The summed E-state index contributed by atoms with van der Waals surface area (Å²) in [7, 11) is 0. The van der Waals surface area contributed by atoms with Crippen LogP contribution in [0.1, 0.15) is 146 Å². The second-order valence-electron chi connectivity index (χ2n) is 17.1. The molecule has 0 bridgehead atoms. The SMILES string of the molecule is OC1([C@@H]2CCCN2)CCCC1.OC1([C@@H]2CCCN2)CCCCC1.OC1([C@@H]2CCCN2)Cc2ccccc2C1.OC1([C@H]2CCCN2)CCCC1. The Hall–Kier alpha value is -1.10. The van der Waals surface area contributed by atoms with Crippen LogP contribution in [0.4, 0.5) is 0 Å². The molecule has 8 nitrogen and oxygen atoms in total. The molecule has 8 N–H and O–H groups in total. The molecule has 4 aliphatic heterocycles. The van der Waals surface area contributed by atoms with Gasteiger partial charge in [0.25, 0.3) is 0 Å². The van der Waals surface area contributed by atoms with Crippen molar-refractivity contribution in [2.45, 2.75) is 194 Å². The highest BCUT2D eigenvalue weighted by molar-refractivity contribution is 5.36. The molecule has 4 saturated heterocycles. The normalized spacial score (nSPS) is 33.5. The van der Waals surface area contributed by atoms with Gasteiger partial charge in [-0.15, -0.1) is 0 Å². The molecule has 0 radical (unpaired) electrons. The van der Waals surface area contributed by atoms with Gasteiger partial charge in [0.1, 0.15) is 0 Å². The molecule has 1 aromatic rings. The largest absolute Gasteiger partial charge is 0.388 e. The monoisotopic (exact) mass is 683 g/mol. The molecular formula is C41H70N4O4. The zero-order valence-electron chi connectivity index (χ0n) is 30.5. The van der Waals surface area contributed by atoms with Crippen molar-refractivity contribution in [2.75, 3.05) is 26.2 Å². The number of benzene rings is 1. The molecule has 7 fully saturated rings. The highest BCUT2D eigenvalue weighted by atomic mass is 16.3. The van der Waals surface area contributed by atoms with Gasteiger partial charge in [0.05, 0.1) is 22.4 Å². The van der Waals surface area contributed by atoms with Crippen LogP contribution in [0.2, 0.25) is 0 Å². The van der Waals surface area contributed by atoms with Crippen LogP contribution >= 0.6 is 0 Å². The summed E-state index contributed by atoms with van der Waals surface area (Å²) in [6.45, 7) is 4.37. The van der Waals surface area contributed by atoms with Crippen molar-refractivity contribution in [3.63, 3.8) is 0 Å². The van der Waals surface area contributed by atoms with Gasteiger partial charge in [-0.05, 0) is 127 Å². The summed E-state index contributed by atoms with van der Waals surface area (Å²) >= 11 is 0. The quantitative estimate of drug-likeness (QED) is 0.228. The van der Waals surface area contributed by atoms with E-state index >= 15 is 0 Å². The maximum absolute atomic E-state index is 10.6. The highest BCUT2D eigenvalue weighted by Gasteiger charge is 2.44. The zero-order valence-corrected chi connectivity index (χ0v) is 30.5. The van der Waals surface area contributed by atoms with Crippen molar-refractivity contribution in [2.24, 2.45) is 0 Å². The molecule has 0 amide bonds. The fourth-order valence-electron chi connectivity index (χ4n) is 10.6. The average Bonchev–Trinajstić information content (AvgIpc) is 3.95. The summed E-state index contributed by atoms with van der Waals surface area (Å²) in [5.41, 5.74) is 1.10. The highest BCUT2D eigenvalue weighted by Crippen LogP contribution is 2.38. The molecule has 4 atom stereocenters. The van der Waals surface area contributed by atoms with Crippen molar-refractivity contribution in [1.29, 1.82) is 0 Å². The Balaban J connectivity index is 0.000000114. The van der Waals surface area contributed by atoms with E-state index in [0.29, 0.717) is 24.2 Å². The van der Waals surface area contributed by atoms with Crippen LogP contribution in [0.3, 0.4) is 0 Å². The molecule has 8 heteroatoms. The van der Waals surface area contributed by atoms with E-state index in [-0.39, 0.29) is 16.8 Å². The minimum atomic E-state index is -0.528. The molecule has 1 aromatic carbocycles. The Kier molecular flexibility index (Phi) is 13.2. The van der Waals surface area contributed by atoms with Gasteiger partial charge in [-0.3, -0.25) is 0 Å². The maximum atomic E-state index is 10.6. The van der Waals surface area contributed by atoms with E-state index in [1.54, 1.807) is 0 Å². The minimum Gasteiger partial charge on any atom is -0.388 e. The average molecular weight is 683 g/mol. The van der Waals surface area contributed by atoms with E-state index < -0.39 is 5.60 Å². The van der Waals surface area contributed by atoms with Gasteiger partial charge in [-0.1, -0.05) is 69.2 Å². The third-order valence-electron chi connectivity index (χ3n) is 13.6. The van der Waals surface area contributed by atoms with Gasteiger partial charge in [-0.2, -0.15) is 0 Å². The first kappa shape index (κ1) is 37.7. The summed E-state index contributed by atoms with van der Waals surface area (Å²) < 4.78 is 0. The number of aliphatic hydroxyl groups is 4. The Labute approximate surface area is 297 Å². The Morgan fingerprint density at radius 3 is 0.959 bits per heavy atom. The van der Waals surface area contributed by atoms with Gasteiger partial charge < -0.3 is 41.7 Å². The van der Waals surface area contributed by atoms with E-state index in [1.807, 2.05) is 0 Å². The molecule has 0 unspecified atom stereocenters. The minimum absolute atomic E-state index is 0.296. The lowest BCUT2D eigenvalue weighted by molar-refractivity contribution is -0.0250. The Morgan fingerprint density at radius 2 is 0.673 bits per heavy atom. The molecule has 0 aromatic heterocycles. The Morgan fingerprint density at radius 1 is 0.388 bits per heavy atom. The lowest BCUT2D eigenvalue weighted by Gasteiger charge is -2.37. The van der Waals surface area contributed by atoms with Gasteiger partial charge in [0.2, 0.25) is 0 Å². The van der Waals surface area contributed by atoms with Crippen molar-refractivity contribution >= 4 is 0 Å². The third kappa shape index (κ3) is 9.47. The smallest absolute Gasteiger partial charge is 0.0880 e. The summed E-state index contributed by atoms with van der Waals surface area (Å²) in [6.07, 6.45) is 25.9. The van der Waals surface area contributed by atoms with Crippen molar-refractivity contribution in [3.8, 4) is 0 Å². The molecule has 9 rings (SSSR count). The zero-order chi connectivity index (χ0) is 34.2. The predicted molar refractivity (Wildman–Crippen MR) is 198 cm³/mol. The van der Waals surface area contributed by atoms with Crippen molar-refractivity contribution < 1.29 is 20.4 Å². The first-order valence-corrected chi connectivity index (χ1v) is 20.6. The summed E-state index contributed by atoms with van der Waals surface area (Å²) in [5.74, 6) is 0. The van der Waals surface area contributed by atoms with E-state index in [0.717, 1.165) is 84.0 Å². The Bertz CT molecular complexity index is 1060. The molecule has 4 aliphatic carbocycles. The first-order valence-electron chi connectivity index (χ1n) is 20.6. The van der Waals surface area contributed by atoms with Crippen LogP contribution in [0.25, 0.3) is 0 Å². The fourth-order valence-corrected chi connectivity index (χ4v) is 10.6. The number of hydrogen-bond acceptors (Lipinski definition) is 8. The maximum Gasteiger partial charge on any atom is 0.0880 e. The summed E-state index contributed by atoms with van der Waals surface area (Å²) in [5, 5.41) is 54.8. The van der Waals surface area contributed by atoms with Crippen LogP contribution in [-0.2, 0) is 12.8 Å². The second-order valence-corrected chi connectivity index (χ2v) is 17.1. The second kappa shape index (κ2) is 17.2. The molecule has 8 aliphatic rings. The summed E-state index contributed by atoms with van der Waals surface area (Å²) in [4.78, 5) is 0. The molecule has 49 heavy (non-hydrogen) atoms. The van der Waals surface area contributed by atoms with Gasteiger partial charge in [-0.25, -0.2) is 0 Å². The topological polar surface area (TPSA) is 129 Å². The molecular weight excluding hydrogens is 612 g/mol. The molecule has 278 valence electrons. The van der Waals surface area contributed by atoms with Crippen LogP contribution < -0.4 is 21.3 Å². The van der Waals surface area contributed by atoms with Gasteiger partial charge in [0, 0.05) is 37.0 Å². The van der Waals surface area contributed by atoms with E-state index in [2.05, 4.69) is 45.5 Å². The van der Waals surface area contributed by atoms with Gasteiger partial charge >= 0.3 is 0 Å². The van der Waals surface area contributed by atoms with Crippen molar-refractivity contribution in [3.05, 3.63) is 35.4 Å². The first-order chi connectivity index (χ1) is 23.7. The molecule has 4 heterocycles. The van der Waals surface area contributed by atoms with Crippen LogP contribution in [0.15, 0.2) is 24.3 Å². The number of hydrogen-bond donors (Lipinski definition) is 8. The number of fused-ring (bicyclic) bond motifs is 1. The number of nitrogens with one attached hydrogen (secondary N) is 4. The summed E-state index contributed by atoms with van der Waals surface area (Å²) in [6, 6.07) is 9.92. The van der Waals surface area contributed by atoms with E-state index in [4.69, 9.17) is 0 Å².